The summed E-state index contributed by atoms with van der Waals surface area (Å²) in [6.07, 6.45) is 8.88. The van der Waals surface area contributed by atoms with Gasteiger partial charge in [-0.1, -0.05) is 34.1 Å². The summed E-state index contributed by atoms with van der Waals surface area (Å²) < 4.78 is 0. The minimum atomic E-state index is -0.209. The van der Waals surface area contributed by atoms with Gasteiger partial charge in [-0.3, -0.25) is 0 Å². The smallest absolute Gasteiger partial charge is 0.0597 e. The Morgan fingerprint density at radius 2 is 1.59 bits per heavy atom. The summed E-state index contributed by atoms with van der Waals surface area (Å²) in [6.45, 7) is 9.73. The fraction of sp³-hybridized carbons (Fsp3) is 1.00. The molecule has 4 rings (SSSR count). The second kappa shape index (κ2) is 4.30. The van der Waals surface area contributed by atoms with Crippen LogP contribution in [0.25, 0.3) is 0 Å². The molecule has 2 heteroatoms. The Bertz CT molecular complexity index is 486. The molecule has 4 aliphatic rings. The van der Waals surface area contributed by atoms with Crippen LogP contribution in [0.1, 0.15) is 79.1 Å². The van der Waals surface area contributed by atoms with Crippen molar-refractivity contribution in [2.24, 2.45) is 33.5 Å². The van der Waals surface area contributed by atoms with Crippen LogP contribution in [0.2, 0.25) is 0 Å². The molecular formula is C20H34O2. The summed E-state index contributed by atoms with van der Waals surface area (Å²) in [5.74, 6) is 0.964. The van der Waals surface area contributed by atoms with Gasteiger partial charge in [-0.15, -0.1) is 0 Å². The van der Waals surface area contributed by atoms with Gasteiger partial charge in [0.2, 0.25) is 0 Å². The molecule has 7 atom stereocenters. The van der Waals surface area contributed by atoms with Crippen LogP contribution in [0.15, 0.2) is 0 Å². The topological polar surface area (TPSA) is 40.5 Å². The van der Waals surface area contributed by atoms with Gasteiger partial charge in [-0.2, -0.15) is 0 Å². The van der Waals surface area contributed by atoms with E-state index < -0.39 is 0 Å². The molecule has 0 radical (unpaired) electrons. The third kappa shape index (κ3) is 1.64. The molecule has 126 valence electrons. The van der Waals surface area contributed by atoms with Gasteiger partial charge in [0, 0.05) is 0 Å². The van der Waals surface area contributed by atoms with Crippen molar-refractivity contribution in [2.75, 3.05) is 0 Å². The van der Waals surface area contributed by atoms with Crippen molar-refractivity contribution in [1.82, 2.24) is 0 Å². The molecule has 0 aromatic heterocycles. The lowest BCUT2D eigenvalue weighted by Crippen LogP contribution is -2.64. The van der Waals surface area contributed by atoms with Crippen LogP contribution in [-0.4, -0.2) is 22.4 Å². The minimum Gasteiger partial charge on any atom is -0.393 e. The van der Waals surface area contributed by atoms with E-state index in [0.29, 0.717) is 22.7 Å². The predicted octanol–water partition coefficient (Wildman–Crippen LogP) is 4.14. The molecular weight excluding hydrogens is 272 g/mol. The monoisotopic (exact) mass is 306 g/mol. The van der Waals surface area contributed by atoms with Crippen LogP contribution >= 0.6 is 0 Å². The molecule has 4 saturated carbocycles. The van der Waals surface area contributed by atoms with Crippen LogP contribution in [0.5, 0.6) is 0 Å². The third-order valence-corrected chi connectivity index (χ3v) is 9.16. The summed E-state index contributed by atoms with van der Waals surface area (Å²) in [5, 5.41) is 21.7. The Morgan fingerprint density at radius 1 is 0.864 bits per heavy atom. The van der Waals surface area contributed by atoms with Crippen LogP contribution in [0.3, 0.4) is 0 Å². The van der Waals surface area contributed by atoms with Gasteiger partial charge >= 0.3 is 0 Å². The van der Waals surface area contributed by atoms with Gasteiger partial charge in [-0.25, -0.2) is 0 Å². The lowest BCUT2D eigenvalue weighted by atomic mass is 9.38. The molecule has 1 spiro atoms. The molecule has 22 heavy (non-hydrogen) atoms. The average Bonchev–Trinajstić information content (AvgIpc) is 2.74. The van der Waals surface area contributed by atoms with Gasteiger partial charge in [0.05, 0.1) is 12.2 Å². The molecule has 0 unspecified atom stereocenters. The second-order valence-electron chi connectivity index (χ2n) is 10.5. The number of hydrogen-bond acceptors (Lipinski definition) is 2. The molecule has 0 amide bonds. The third-order valence-electron chi connectivity index (χ3n) is 9.16. The average molecular weight is 306 g/mol. The first-order chi connectivity index (χ1) is 10.1. The number of fused-ring (bicyclic) bond motifs is 2. The van der Waals surface area contributed by atoms with E-state index in [9.17, 15) is 10.2 Å². The molecule has 4 aliphatic carbocycles. The van der Waals surface area contributed by atoms with Gasteiger partial charge in [0.25, 0.3) is 0 Å². The SMILES string of the molecule is CC1(C)CCC[C@@]2(C)[C@@H]1C[C@H](O)[C@H]1C[C@@H](O)[C@@]3(C)CC[C@]12C3. The van der Waals surface area contributed by atoms with E-state index in [1.54, 1.807) is 0 Å². The van der Waals surface area contributed by atoms with Crippen LogP contribution in [0, 0.1) is 33.5 Å². The summed E-state index contributed by atoms with van der Waals surface area (Å²) >= 11 is 0. The highest BCUT2D eigenvalue weighted by Crippen LogP contribution is 2.76. The Kier molecular flexibility index (Phi) is 3.02. The van der Waals surface area contributed by atoms with Gasteiger partial charge in [0.15, 0.2) is 0 Å². The largest absolute Gasteiger partial charge is 0.393 e. The van der Waals surface area contributed by atoms with Crippen molar-refractivity contribution in [2.45, 2.75) is 91.3 Å². The van der Waals surface area contributed by atoms with Crippen LogP contribution < -0.4 is 0 Å². The summed E-state index contributed by atoms with van der Waals surface area (Å²) in [6, 6.07) is 0. The normalized spacial score (nSPS) is 59.7. The highest BCUT2D eigenvalue weighted by atomic mass is 16.3. The Balaban J connectivity index is 1.83. The van der Waals surface area contributed by atoms with E-state index >= 15 is 0 Å². The first-order valence-corrected chi connectivity index (χ1v) is 9.51. The molecule has 2 bridgehead atoms. The Hall–Kier alpha value is -0.0800. The van der Waals surface area contributed by atoms with Gasteiger partial charge in [0.1, 0.15) is 0 Å². The zero-order chi connectivity index (χ0) is 16.0. The standard InChI is InChI=1S/C20H34O2/c1-17(2)6-5-7-19(4)15(17)11-14(21)13-10-16(22)18(3)8-9-20(13,19)12-18/h13-16,21-22H,5-12H2,1-4H3/t13-,14+,15-,16-,18+,19+,20+/m1/s1. The molecule has 0 aromatic rings. The summed E-state index contributed by atoms with van der Waals surface area (Å²) in [5.41, 5.74) is 1.09. The molecule has 0 saturated heterocycles. The molecule has 4 fully saturated rings. The van der Waals surface area contributed by atoms with Crippen molar-refractivity contribution in [3.05, 3.63) is 0 Å². The first kappa shape index (κ1) is 15.4. The number of hydrogen-bond donors (Lipinski definition) is 2. The maximum Gasteiger partial charge on any atom is 0.0597 e. The highest BCUT2D eigenvalue weighted by Gasteiger charge is 2.70. The van der Waals surface area contributed by atoms with E-state index in [0.717, 1.165) is 25.7 Å². The zero-order valence-corrected chi connectivity index (χ0v) is 14.9. The minimum absolute atomic E-state index is 0.0999. The van der Waals surface area contributed by atoms with E-state index in [1.165, 1.54) is 25.7 Å². The number of aliphatic hydroxyl groups is 2. The quantitative estimate of drug-likeness (QED) is 0.706. The van der Waals surface area contributed by atoms with Crippen LogP contribution in [-0.2, 0) is 0 Å². The maximum atomic E-state index is 11.0. The number of aliphatic hydroxyl groups excluding tert-OH is 2. The molecule has 0 heterocycles. The molecule has 0 aromatic carbocycles. The fourth-order valence-electron chi connectivity index (χ4n) is 7.90. The molecule has 2 N–H and O–H groups in total. The fourth-order valence-corrected chi connectivity index (χ4v) is 7.90. The Morgan fingerprint density at radius 3 is 2.32 bits per heavy atom. The summed E-state index contributed by atoms with van der Waals surface area (Å²) in [7, 11) is 0. The Labute approximate surface area is 135 Å². The van der Waals surface area contributed by atoms with Crippen molar-refractivity contribution in [3.8, 4) is 0 Å². The van der Waals surface area contributed by atoms with Crippen molar-refractivity contribution < 1.29 is 10.2 Å². The van der Waals surface area contributed by atoms with Gasteiger partial charge < -0.3 is 10.2 Å². The van der Waals surface area contributed by atoms with E-state index in [2.05, 4.69) is 27.7 Å². The van der Waals surface area contributed by atoms with Crippen molar-refractivity contribution in [1.29, 1.82) is 0 Å². The predicted molar refractivity (Wildman–Crippen MR) is 88.4 cm³/mol. The molecule has 0 aliphatic heterocycles. The first-order valence-electron chi connectivity index (χ1n) is 9.51. The highest BCUT2D eigenvalue weighted by molar-refractivity contribution is 5.19. The van der Waals surface area contributed by atoms with Crippen molar-refractivity contribution >= 4 is 0 Å². The lowest BCUT2D eigenvalue weighted by Gasteiger charge is -2.68. The van der Waals surface area contributed by atoms with Gasteiger partial charge in [-0.05, 0) is 78.4 Å². The van der Waals surface area contributed by atoms with Crippen molar-refractivity contribution in [3.63, 3.8) is 0 Å². The lowest BCUT2D eigenvalue weighted by molar-refractivity contribution is -0.224. The zero-order valence-electron chi connectivity index (χ0n) is 14.9. The van der Waals surface area contributed by atoms with Crippen LogP contribution in [0.4, 0.5) is 0 Å². The maximum absolute atomic E-state index is 11.0. The number of rotatable bonds is 0. The van der Waals surface area contributed by atoms with E-state index in [-0.39, 0.29) is 23.0 Å². The molecule has 2 nitrogen and oxygen atoms in total. The van der Waals surface area contributed by atoms with E-state index in [1.807, 2.05) is 0 Å². The second-order valence-corrected chi connectivity index (χ2v) is 10.5. The van der Waals surface area contributed by atoms with E-state index in [4.69, 9.17) is 0 Å². The summed E-state index contributed by atoms with van der Waals surface area (Å²) in [4.78, 5) is 0.